The largest absolute Gasteiger partial charge is 0.508 e. The number of phenolic OH excluding ortho intramolecular Hbond substituents is 1. The molecule has 0 radical (unpaired) electrons. The molecule has 0 saturated heterocycles. The molecule has 0 unspecified atom stereocenters. The summed E-state index contributed by atoms with van der Waals surface area (Å²) in [5, 5.41) is 10.4. The van der Waals surface area contributed by atoms with Crippen LogP contribution in [-0.4, -0.2) is 18.5 Å². The van der Waals surface area contributed by atoms with Crippen LogP contribution < -0.4 is 0 Å². The molecule has 4 aromatic rings. The molecular weight excluding hydrogens is 436 g/mol. The first-order valence-corrected chi connectivity index (χ1v) is 10.6. The summed E-state index contributed by atoms with van der Waals surface area (Å²) in [6, 6.07) is 14.0. The maximum Gasteiger partial charge on any atom is 0.208 e. The molecule has 0 atom stereocenters. The van der Waals surface area contributed by atoms with Gasteiger partial charge < -0.3 is 5.11 Å². The van der Waals surface area contributed by atoms with Crippen molar-refractivity contribution in [2.24, 2.45) is 0 Å². The normalized spacial score (nSPS) is 11.7. The molecular formula is C21H12Cl2FNO3S. The molecule has 8 heteroatoms. The third kappa shape index (κ3) is 3.67. The van der Waals surface area contributed by atoms with Crippen molar-refractivity contribution in [3.05, 3.63) is 82.7 Å². The van der Waals surface area contributed by atoms with E-state index in [1.165, 1.54) is 54.7 Å². The zero-order chi connectivity index (χ0) is 20.8. The van der Waals surface area contributed by atoms with Crippen molar-refractivity contribution >= 4 is 43.9 Å². The molecule has 0 fully saturated rings. The summed E-state index contributed by atoms with van der Waals surface area (Å²) in [7, 11) is -4.06. The molecule has 0 aliphatic rings. The number of hydrogen-bond donors (Lipinski definition) is 1. The van der Waals surface area contributed by atoms with Gasteiger partial charge in [0.25, 0.3) is 0 Å². The highest BCUT2D eigenvalue weighted by molar-refractivity contribution is 7.91. The fourth-order valence-electron chi connectivity index (χ4n) is 3.09. The van der Waals surface area contributed by atoms with Gasteiger partial charge in [0.2, 0.25) is 9.84 Å². The van der Waals surface area contributed by atoms with Crippen LogP contribution in [-0.2, 0) is 9.84 Å². The number of aromatic hydroxyl groups is 1. The van der Waals surface area contributed by atoms with Crippen LogP contribution in [0.1, 0.15) is 0 Å². The first-order chi connectivity index (χ1) is 13.8. The topological polar surface area (TPSA) is 67.3 Å². The van der Waals surface area contributed by atoms with Gasteiger partial charge in [0.05, 0.1) is 15.3 Å². The fraction of sp³-hybridized carbons (Fsp3) is 0. The molecule has 146 valence electrons. The lowest BCUT2D eigenvalue weighted by Crippen LogP contribution is -2.06. The van der Waals surface area contributed by atoms with Gasteiger partial charge in [-0.2, -0.15) is 0 Å². The third-order valence-corrected chi connectivity index (χ3v) is 6.57. The third-order valence-electron chi connectivity index (χ3n) is 4.39. The number of halogens is 3. The summed E-state index contributed by atoms with van der Waals surface area (Å²) in [5.41, 5.74) is 1.16. The van der Waals surface area contributed by atoms with E-state index in [9.17, 15) is 17.9 Å². The van der Waals surface area contributed by atoms with Gasteiger partial charge in [-0.25, -0.2) is 12.8 Å². The van der Waals surface area contributed by atoms with Crippen LogP contribution in [0, 0.1) is 5.82 Å². The number of hydrogen-bond acceptors (Lipinski definition) is 4. The second kappa shape index (κ2) is 7.30. The lowest BCUT2D eigenvalue weighted by Gasteiger charge is -2.14. The maximum absolute atomic E-state index is 13.7. The van der Waals surface area contributed by atoms with Gasteiger partial charge in [-0.05, 0) is 48.0 Å². The zero-order valence-electron chi connectivity index (χ0n) is 14.6. The number of phenols is 1. The molecule has 1 N–H and O–H groups in total. The zero-order valence-corrected chi connectivity index (χ0v) is 16.9. The van der Waals surface area contributed by atoms with E-state index < -0.39 is 15.7 Å². The van der Waals surface area contributed by atoms with Crippen molar-refractivity contribution in [1.29, 1.82) is 0 Å². The standard InChI is InChI=1S/C21H12Cl2FNO3S/c22-13-7-14(23)9-17(8-13)29(27,28)20-11-25-19-10-15(24)3-6-18(19)21(20)12-1-4-16(26)5-2-12/h1-11,26H. The van der Waals surface area contributed by atoms with Crippen molar-refractivity contribution in [3.63, 3.8) is 0 Å². The predicted octanol–water partition coefficient (Wildman–Crippen LogP) is 5.89. The summed E-state index contributed by atoms with van der Waals surface area (Å²) >= 11 is 12.0. The lowest BCUT2D eigenvalue weighted by atomic mass is 10.0. The molecule has 4 nitrogen and oxygen atoms in total. The van der Waals surface area contributed by atoms with Gasteiger partial charge in [-0.15, -0.1) is 0 Å². The summed E-state index contributed by atoms with van der Waals surface area (Å²) in [6.07, 6.45) is 1.19. The number of nitrogens with zero attached hydrogens (tertiary/aromatic N) is 1. The Kier molecular flexibility index (Phi) is 4.94. The highest BCUT2D eigenvalue weighted by atomic mass is 35.5. The first-order valence-electron chi connectivity index (χ1n) is 8.34. The molecule has 0 spiro atoms. The Labute approximate surface area is 176 Å². The maximum atomic E-state index is 13.7. The molecule has 1 aromatic heterocycles. The van der Waals surface area contributed by atoms with Gasteiger partial charge in [0.15, 0.2) is 0 Å². The Balaban J connectivity index is 2.07. The van der Waals surface area contributed by atoms with Crippen molar-refractivity contribution in [2.45, 2.75) is 9.79 Å². The number of aromatic nitrogens is 1. The minimum Gasteiger partial charge on any atom is -0.508 e. The predicted molar refractivity (Wildman–Crippen MR) is 111 cm³/mol. The average Bonchev–Trinajstić information content (AvgIpc) is 2.67. The van der Waals surface area contributed by atoms with Crippen LogP contribution in [0.3, 0.4) is 0 Å². The molecule has 0 aliphatic carbocycles. The van der Waals surface area contributed by atoms with Crippen molar-refractivity contribution in [3.8, 4) is 16.9 Å². The number of pyridine rings is 1. The highest BCUT2D eigenvalue weighted by Gasteiger charge is 2.25. The Morgan fingerprint density at radius 3 is 2.21 bits per heavy atom. The lowest BCUT2D eigenvalue weighted by molar-refractivity contribution is 0.475. The van der Waals surface area contributed by atoms with E-state index in [2.05, 4.69) is 4.98 Å². The second-order valence-electron chi connectivity index (χ2n) is 6.31. The smallest absolute Gasteiger partial charge is 0.208 e. The summed E-state index contributed by atoms with van der Waals surface area (Å²) < 4.78 is 40.5. The summed E-state index contributed by atoms with van der Waals surface area (Å²) in [4.78, 5) is 3.98. The molecule has 3 aromatic carbocycles. The molecule has 0 amide bonds. The average molecular weight is 448 g/mol. The van der Waals surface area contributed by atoms with Gasteiger partial charge in [0.1, 0.15) is 11.6 Å². The van der Waals surface area contributed by atoms with Crippen molar-refractivity contribution in [1.82, 2.24) is 4.98 Å². The van der Waals surface area contributed by atoms with Crippen LogP contribution in [0.2, 0.25) is 10.0 Å². The molecule has 1 heterocycles. The van der Waals surface area contributed by atoms with Crippen LogP contribution in [0.15, 0.2) is 76.7 Å². The Morgan fingerprint density at radius 1 is 0.897 bits per heavy atom. The van der Waals surface area contributed by atoms with Gasteiger partial charge >= 0.3 is 0 Å². The molecule has 0 bridgehead atoms. The molecule has 29 heavy (non-hydrogen) atoms. The van der Waals surface area contributed by atoms with E-state index in [-0.39, 0.29) is 25.6 Å². The van der Waals surface area contributed by atoms with Gasteiger partial charge in [-0.1, -0.05) is 35.3 Å². The number of rotatable bonds is 3. The minimum atomic E-state index is -4.06. The number of fused-ring (bicyclic) bond motifs is 1. The van der Waals surface area contributed by atoms with E-state index >= 15 is 0 Å². The van der Waals surface area contributed by atoms with Gasteiger partial charge in [0, 0.05) is 33.3 Å². The van der Waals surface area contributed by atoms with E-state index in [0.717, 1.165) is 0 Å². The quantitative estimate of drug-likeness (QED) is 0.425. The van der Waals surface area contributed by atoms with Gasteiger partial charge in [-0.3, -0.25) is 4.98 Å². The fourth-order valence-corrected chi connectivity index (χ4v) is 5.25. The Morgan fingerprint density at radius 2 is 1.55 bits per heavy atom. The number of benzene rings is 3. The van der Waals surface area contributed by atoms with Crippen LogP contribution in [0.4, 0.5) is 4.39 Å². The van der Waals surface area contributed by atoms with Crippen molar-refractivity contribution in [2.75, 3.05) is 0 Å². The second-order valence-corrected chi connectivity index (χ2v) is 9.11. The Bertz CT molecular complexity index is 1340. The SMILES string of the molecule is O=S(=O)(c1cc(Cl)cc(Cl)c1)c1cnc2cc(F)ccc2c1-c1ccc(O)cc1. The monoisotopic (exact) mass is 447 g/mol. The highest BCUT2D eigenvalue weighted by Crippen LogP contribution is 2.38. The van der Waals surface area contributed by atoms with E-state index in [1.807, 2.05) is 0 Å². The minimum absolute atomic E-state index is 0.0317. The van der Waals surface area contributed by atoms with Crippen LogP contribution in [0.25, 0.3) is 22.0 Å². The molecule has 4 rings (SSSR count). The molecule has 0 saturated carbocycles. The first kappa shape index (κ1) is 19.6. The summed E-state index contributed by atoms with van der Waals surface area (Å²) in [5.74, 6) is -0.455. The van der Waals surface area contributed by atoms with E-state index in [0.29, 0.717) is 22.0 Å². The Hall–Kier alpha value is -2.67. The van der Waals surface area contributed by atoms with Crippen LogP contribution >= 0.6 is 23.2 Å². The summed E-state index contributed by atoms with van der Waals surface area (Å²) in [6.45, 7) is 0. The number of sulfone groups is 1. The van der Waals surface area contributed by atoms with Crippen molar-refractivity contribution < 1.29 is 17.9 Å². The molecule has 0 aliphatic heterocycles. The van der Waals surface area contributed by atoms with Crippen LogP contribution in [0.5, 0.6) is 5.75 Å². The van der Waals surface area contributed by atoms with E-state index in [1.54, 1.807) is 12.1 Å². The van der Waals surface area contributed by atoms with E-state index in [4.69, 9.17) is 23.2 Å².